The standard InChI is InChI=1S/C13H20N2O/c1-11-4-6-12(7-5-11)10-15(3)13(16)8-9-14-2/h4-7,14H,8-10H2,1-3H3. The van der Waals surface area contributed by atoms with Gasteiger partial charge in [0.15, 0.2) is 0 Å². The van der Waals surface area contributed by atoms with Crippen LogP contribution in [0.4, 0.5) is 0 Å². The lowest BCUT2D eigenvalue weighted by Crippen LogP contribution is -2.28. The van der Waals surface area contributed by atoms with Crippen molar-refractivity contribution in [2.24, 2.45) is 0 Å². The Bertz CT molecular complexity index is 332. The highest BCUT2D eigenvalue weighted by Gasteiger charge is 2.07. The number of nitrogens with zero attached hydrogens (tertiary/aromatic N) is 1. The summed E-state index contributed by atoms with van der Waals surface area (Å²) in [7, 11) is 3.70. The number of nitrogens with one attached hydrogen (secondary N) is 1. The topological polar surface area (TPSA) is 32.3 Å². The lowest BCUT2D eigenvalue weighted by molar-refractivity contribution is -0.130. The normalized spacial score (nSPS) is 10.2. The molecule has 0 aliphatic rings. The first kappa shape index (κ1) is 12.7. The quantitative estimate of drug-likeness (QED) is 0.817. The highest BCUT2D eigenvalue weighted by Crippen LogP contribution is 2.06. The SMILES string of the molecule is CNCCC(=O)N(C)Cc1ccc(C)cc1. The van der Waals surface area contributed by atoms with Crippen LogP contribution in [0.2, 0.25) is 0 Å². The molecule has 0 saturated carbocycles. The maximum absolute atomic E-state index is 11.7. The van der Waals surface area contributed by atoms with Crippen LogP contribution in [0, 0.1) is 6.92 Å². The second-order valence-corrected chi connectivity index (χ2v) is 4.09. The highest BCUT2D eigenvalue weighted by atomic mass is 16.2. The van der Waals surface area contributed by atoms with Gasteiger partial charge in [-0.25, -0.2) is 0 Å². The van der Waals surface area contributed by atoms with Gasteiger partial charge in [-0.05, 0) is 19.5 Å². The summed E-state index contributed by atoms with van der Waals surface area (Å²) < 4.78 is 0. The molecule has 0 aromatic heterocycles. The monoisotopic (exact) mass is 220 g/mol. The molecular formula is C13H20N2O. The van der Waals surface area contributed by atoms with E-state index in [1.54, 1.807) is 4.90 Å². The van der Waals surface area contributed by atoms with Crippen molar-refractivity contribution in [2.75, 3.05) is 20.6 Å². The Morgan fingerprint density at radius 1 is 1.31 bits per heavy atom. The average molecular weight is 220 g/mol. The van der Waals surface area contributed by atoms with Crippen molar-refractivity contribution in [2.45, 2.75) is 19.9 Å². The molecule has 0 heterocycles. The third-order valence-corrected chi connectivity index (χ3v) is 2.55. The van der Waals surface area contributed by atoms with Crippen molar-refractivity contribution < 1.29 is 4.79 Å². The second-order valence-electron chi connectivity index (χ2n) is 4.09. The molecule has 88 valence electrons. The smallest absolute Gasteiger partial charge is 0.223 e. The molecule has 1 rings (SSSR count). The zero-order valence-corrected chi connectivity index (χ0v) is 10.3. The van der Waals surface area contributed by atoms with E-state index in [0.29, 0.717) is 13.0 Å². The third-order valence-electron chi connectivity index (χ3n) is 2.55. The van der Waals surface area contributed by atoms with Crippen LogP contribution in [-0.4, -0.2) is 31.4 Å². The Hall–Kier alpha value is -1.35. The molecule has 0 aliphatic heterocycles. The van der Waals surface area contributed by atoms with Crippen LogP contribution in [0.3, 0.4) is 0 Å². The maximum atomic E-state index is 11.7. The summed E-state index contributed by atoms with van der Waals surface area (Å²) in [5, 5.41) is 2.98. The molecule has 0 bridgehead atoms. The van der Waals surface area contributed by atoms with Gasteiger partial charge in [0, 0.05) is 26.6 Å². The molecule has 1 aromatic carbocycles. The van der Waals surface area contributed by atoms with Crippen molar-refractivity contribution in [1.29, 1.82) is 0 Å². The van der Waals surface area contributed by atoms with Crippen LogP contribution < -0.4 is 5.32 Å². The van der Waals surface area contributed by atoms with Crippen LogP contribution in [0.5, 0.6) is 0 Å². The molecule has 3 nitrogen and oxygen atoms in total. The third kappa shape index (κ3) is 4.03. The van der Waals surface area contributed by atoms with Crippen LogP contribution in [-0.2, 0) is 11.3 Å². The first-order valence-electron chi connectivity index (χ1n) is 5.57. The first-order valence-corrected chi connectivity index (χ1v) is 5.57. The van der Waals surface area contributed by atoms with E-state index in [0.717, 1.165) is 6.54 Å². The number of amides is 1. The zero-order chi connectivity index (χ0) is 12.0. The summed E-state index contributed by atoms with van der Waals surface area (Å²) >= 11 is 0. The van der Waals surface area contributed by atoms with Crippen LogP contribution in [0.1, 0.15) is 17.5 Å². The van der Waals surface area contributed by atoms with Gasteiger partial charge in [0.05, 0.1) is 0 Å². The molecule has 1 aromatic rings. The van der Waals surface area contributed by atoms with E-state index >= 15 is 0 Å². The van der Waals surface area contributed by atoms with Crippen LogP contribution in [0.15, 0.2) is 24.3 Å². The minimum absolute atomic E-state index is 0.176. The molecule has 16 heavy (non-hydrogen) atoms. The van der Waals surface area contributed by atoms with E-state index in [9.17, 15) is 4.79 Å². The van der Waals surface area contributed by atoms with Gasteiger partial charge in [-0.1, -0.05) is 29.8 Å². The van der Waals surface area contributed by atoms with Crippen molar-refractivity contribution in [1.82, 2.24) is 10.2 Å². The molecule has 0 fully saturated rings. The van der Waals surface area contributed by atoms with Gasteiger partial charge in [0.1, 0.15) is 0 Å². The molecule has 0 atom stereocenters. The summed E-state index contributed by atoms with van der Waals surface area (Å²) in [6, 6.07) is 8.27. The van der Waals surface area contributed by atoms with Gasteiger partial charge in [-0.2, -0.15) is 0 Å². The van der Waals surface area contributed by atoms with Gasteiger partial charge >= 0.3 is 0 Å². The lowest BCUT2D eigenvalue weighted by Gasteiger charge is -2.17. The number of aryl methyl sites for hydroxylation is 1. The lowest BCUT2D eigenvalue weighted by atomic mass is 10.1. The van der Waals surface area contributed by atoms with E-state index in [4.69, 9.17) is 0 Å². The summed E-state index contributed by atoms with van der Waals surface area (Å²) in [5.41, 5.74) is 2.42. The summed E-state index contributed by atoms with van der Waals surface area (Å²) in [4.78, 5) is 13.4. The molecule has 0 unspecified atom stereocenters. The first-order chi connectivity index (χ1) is 7.63. The van der Waals surface area contributed by atoms with Gasteiger partial charge in [0.25, 0.3) is 0 Å². The Kier molecular flexibility index (Phi) is 4.99. The number of benzene rings is 1. The van der Waals surface area contributed by atoms with E-state index in [1.807, 2.05) is 14.1 Å². The van der Waals surface area contributed by atoms with Crippen LogP contribution >= 0.6 is 0 Å². The predicted molar refractivity (Wildman–Crippen MR) is 66.2 cm³/mol. The zero-order valence-electron chi connectivity index (χ0n) is 10.3. The Morgan fingerprint density at radius 3 is 2.50 bits per heavy atom. The Morgan fingerprint density at radius 2 is 1.94 bits per heavy atom. The highest BCUT2D eigenvalue weighted by molar-refractivity contribution is 5.76. The fraction of sp³-hybridized carbons (Fsp3) is 0.462. The summed E-state index contributed by atoms with van der Waals surface area (Å²) in [6.07, 6.45) is 0.554. The van der Waals surface area contributed by atoms with Crippen molar-refractivity contribution in [3.63, 3.8) is 0 Å². The molecule has 0 radical (unpaired) electrons. The molecule has 0 spiro atoms. The van der Waals surface area contributed by atoms with Gasteiger partial charge in [0.2, 0.25) is 5.91 Å². The maximum Gasteiger partial charge on any atom is 0.223 e. The molecule has 1 N–H and O–H groups in total. The fourth-order valence-corrected chi connectivity index (χ4v) is 1.48. The largest absolute Gasteiger partial charge is 0.341 e. The van der Waals surface area contributed by atoms with Gasteiger partial charge in [-0.3, -0.25) is 4.79 Å². The molecule has 3 heteroatoms. The number of carbonyl (C=O) groups excluding carboxylic acids is 1. The van der Waals surface area contributed by atoms with E-state index in [-0.39, 0.29) is 5.91 Å². The van der Waals surface area contributed by atoms with Crippen molar-refractivity contribution in [3.05, 3.63) is 35.4 Å². The van der Waals surface area contributed by atoms with E-state index in [1.165, 1.54) is 11.1 Å². The molecular weight excluding hydrogens is 200 g/mol. The Labute approximate surface area is 97.5 Å². The fourth-order valence-electron chi connectivity index (χ4n) is 1.48. The average Bonchev–Trinajstić information content (AvgIpc) is 2.29. The second kappa shape index (κ2) is 6.28. The predicted octanol–water partition coefficient (Wildman–Crippen LogP) is 1.56. The number of rotatable bonds is 5. The molecule has 0 aliphatic carbocycles. The number of hydrogen-bond donors (Lipinski definition) is 1. The molecule has 1 amide bonds. The van der Waals surface area contributed by atoms with Gasteiger partial charge in [-0.15, -0.1) is 0 Å². The minimum atomic E-state index is 0.176. The van der Waals surface area contributed by atoms with E-state index in [2.05, 4.69) is 36.5 Å². The van der Waals surface area contributed by atoms with E-state index < -0.39 is 0 Å². The van der Waals surface area contributed by atoms with Crippen molar-refractivity contribution >= 4 is 5.91 Å². The number of carbonyl (C=O) groups is 1. The van der Waals surface area contributed by atoms with Crippen LogP contribution in [0.25, 0.3) is 0 Å². The number of hydrogen-bond acceptors (Lipinski definition) is 2. The Balaban J connectivity index is 2.47. The van der Waals surface area contributed by atoms with Gasteiger partial charge < -0.3 is 10.2 Å². The summed E-state index contributed by atoms with van der Waals surface area (Å²) in [5.74, 6) is 0.176. The summed E-state index contributed by atoms with van der Waals surface area (Å²) in [6.45, 7) is 3.48. The molecule has 0 saturated heterocycles. The van der Waals surface area contributed by atoms with Crippen molar-refractivity contribution in [3.8, 4) is 0 Å². The minimum Gasteiger partial charge on any atom is -0.341 e.